The van der Waals surface area contributed by atoms with Crippen molar-refractivity contribution in [2.75, 3.05) is 11.4 Å². The van der Waals surface area contributed by atoms with E-state index in [2.05, 4.69) is 5.32 Å². The summed E-state index contributed by atoms with van der Waals surface area (Å²) in [5.41, 5.74) is 0.259. The minimum absolute atomic E-state index is 0.0883. The monoisotopic (exact) mass is 262 g/mol. The van der Waals surface area contributed by atoms with Gasteiger partial charge in [0.25, 0.3) is 0 Å². The number of halogens is 1. The Hall–Kier alpha value is -1.91. The number of nitrogens with one attached hydrogen (secondary N) is 1. The lowest BCUT2D eigenvalue weighted by Gasteiger charge is -2.17. The predicted octanol–water partition coefficient (Wildman–Crippen LogP) is 1.46. The van der Waals surface area contributed by atoms with Crippen LogP contribution in [0.1, 0.15) is 19.3 Å². The van der Waals surface area contributed by atoms with Gasteiger partial charge >= 0.3 is 0 Å². The van der Waals surface area contributed by atoms with Gasteiger partial charge in [0, 0.05) is 19.0 Å². The van der Waals surface area contributed by atoms with Crippen LogP contribution in [-0.2, 0) is 9.59 Å². The molecule has 1 aliphatic heterocycles. The van der Waals surface area contributed by atoms with Gasteiger partial charge in [0.2, 0.25) is 11.8 Å². The summed E-state index contributed by atoms with van der Waals surface area (Å²) in [6.07, 6.45) is 2.19. The van der Waals surface area contributed by atoms with Crippen LogP contribution in [0.15, 0.2) is 24.3 Å². The van der Waals surface area contributed by atoms with Crippen LogP contribution in [0.3, 0.4) is 0 Å². The molecule has 0 bridgehead atoms. The maximum atomic E-state index is 13.7. The van der Waals surface area contributed by atoms with Crippen LogP contribution in [0.2, 0.25) is 0 Å². The third-order valence-corrected chi connectivity index (χ3v) is 3.56. The Labute approximate surface area is 110 Å². The summed E-state index contributed by atoms with van der Waals surface area (Å²) >= 11 is 0. The fourth-order valence-corrected chi connectivity index (χ4v) is 2.33. The summed E-state index contributed by atoms with van der Waals surface area (Å²) in [5.74, 6) is -1.08. The van der Waals surface area contributed by atoms with E-state index in [1.54, 1.807) is 18.2 Å². The number of para-hydroxylation sites is 1. The molecule has 1 aromatic carbocycles. The molecule has 19 heavy (non-hydrogen) atoms. The van der Waals surface area contributed by atoms with Crippen molar-refractivity contribution < 1.29 is 14.0 Å². The van der Waals surface area contributed by atoms with Crippen LogP contribution in [0.25, 0.3) is 0 Å². The van der Waals surface area contributed by atoms with Crippen LogP contribution in [-0.4, -0.2) is 24.4 Å². The lowest BCUT2D eigenvalue weighted by molar-refractivity contribution is -0.126. The number of benzene rings is 1. The van der Waals surface area contributed by atoms with E-state index in [1.165, 1.54) is 11.0 Å². The minimum Gasteiger partial charge on any atom is -0.353 e. The molecule has 0 aromatic heterocycles. The molecule has 1 atom stereocenters. The molecule has 1 N–H and O–H groups in total. The van der Waals surface area contributed by atoms with Gasteiger partial charge in [-0.25, -0.2) is 4.39 Å². The largest absolute Gasteiger partial charge is 0.353 e. The Kier molecular flexibility index (Phi) is 2.97. The molecule has 100 valence electrons. The zero-order valence-corrected chi connectivity index (χ0v) is 10.4. The molecule has 1 heterocycles. The molecule has 1 aromatic rings. The van der Waals surface area contributed by atoms with Crippen molar-refractivity contribution in [3.8, 4) is 0 Å². The smallest absolute Gasteiger partial charge is 0.227 e. The van der Waals surface area contributed by atoms with Crippen LogP contribution in [0.5, 0.6) is 0 Å². The van der Waals surface area contributed by atoms with E-state index in [0.29, 0.717) is 0 Å². The van der Waals surface area contributed by atoms with Crippen molar-refractivity contribution in [3.63, 3.8) is 0 Å². The molecule has 0 radical (unpaired) electrons. The lowest BCUT2D eigenvalue weighted by Crippen LogP contribution is -2.34. The molecule has 4 nitrogen and oxygen atoms in total. The SMILES string of the molecule is O=C(NC1CC1)[C@H]1CC(=O)N(c2ccccc2F)C1. The topological polar surface area (TPSA) is 49.4 Å². The van der Waals surface area contributed by atoms with Gasteiger partial charge in [0.15, 0.2) is 0 Å². The second-order valence-corrected chi connectivity index (χ2v) is 5.14. The molecule has 0 spiro atoms. The summed E-state index contributed by atoms with van der Waals surface area (Å²) in [6.45, 7) is 0.262. The van der Waals surface area contributed by atoms with Crippen LogP contribution >= 0.6 is 0 Å². The third kappa shape index (κ3) is 2.45. The number of rotatable bonds is 3. The summed E-state index contributed by atoms with van der Waals surface area (Å²) in [5, 5.41) is 2.89. The van der Waals surface area contributed by atoms with E-state index in [4.69, 9.17) is 0 Å². The van der Waals surface area contributed by atoms with Crippen molar-refractivity contribution in [1.82, 2.24) is 5.32 Å². The molecule has 2 amide bonds. The van der Waals surface area contributed by atoms with Gasteiger partial charge < -0.3 is 10.2 Å². The molecular formula is C14H15FN2O2. The first-order valence-electron chi connectivity index (χ1n) is 6.50. The van der Waals surface area contributed by atoms with Gasteiger partial charge in [0.1, 0.15) is 5.82 Å². The van der Waals surface area contributed by atoms with Gasteiger partial charge in [-0.2, -0.15) is 0 Å². The van der Waals surface area contributed by atoms with Gasteiger partial charge in [-0.1, -0.05) is 12.1 Å². The molecule has 3 rings (SSSR count). The quantitative estimate of drug-likeness (QED) is 0.896. The number of carbonyl (C=O) groups is 2. The average Bonchev–Trinajstić information content (AvgIpc) is 3.11. The molecule has 5 heteroatoms. The van der Waals surface area contributed by atoms with Crippen molar-refractivity contribution in [2.24, 2.45) is 5.92 Å². The second kappa shape index (κ2) is 4.64. The second-order valence-electron chi connectivity index (χ2n) is 5.14. The minimum atomic E-state index is -0.431. The first-order valence-corrected chi connectivity index (χ1v) is 6.50. The number of anilines is 1. The Morgan fingerprint density at radius 3 is 2.74 bits per heavy atom. The highest BCUT2D eigenvalue weighted by molar-refractivity contribution is 6.00. The molecule has 2 aliphatic rings. The summed E-state index contributed by atoms with van der Waals surface area (Å²) < 4.78 is 13.7. The van der Waals surface area contributed by atoms with Crippen LogP contribution in [0, 0.1) is 11.7 Å². The van der Waals surface area contributed by atoms with Gasteiger partial charge in [-0.15, -0.1) is 0 Å². The zero-order chi connectivity index (χ0) is 13.4. The number of nitrogens with zero attached hydrogens (tertiary/aromatic N) is 1. The maximum Gasteiger partial charge on any atom is 0.227 e. The normalized spacial score (nSPS) is 22.7. The molecule has 1 saturated carbocycles. The van der Waals surface area contributed by atoms with Crippen LogP contribution < -0.4 is 10.2 Å². The highest BCUT2D eigenvalue weighted by Crippen LogP contribution is 2.28. The number of carbonyl (C=O) groups excluding carboxylic acids is 2. The van der Waals surface area contributed by atoms with E-state index >= 15 is 0 Å². The molecule has 0 unspecified atom stereocenters. The van der Waals surface area contributed by atoms with E-state index < -0.39 is 5.82 Å². The first kappa shape index (κ1) is 12.1. The Morgan fingerprint density at radius 1 is 1.32 bits per heavy atom. The van der Waals surface area contributed by atoms with Crippen LogP contribution in [0.4, 0.5) is 10.1 Å². The molecule has 1 aliphatic carbocycles. The van der Waals surface area contributed by atoms with E-state index in [0.717, 1.165) is 12.8 Å². The summed E-state index contributed by atoms with van der Waals surface area (Å²) in [4.78, 5) is 25.2. The fourth-order valence-electron chi connectivity index (χ4n) is 2.33. The van der Waals surface area contributed by atoms with E-state index in [-0.39, 0.29) is 42.4 Å². The van der Waals surface area contributed by atoms with Crippen molar-refractivity contribution in [3.05, 3.63) is 30.1 Å². The predicted molar refractivity (Wildman–Crippen MR) is 68.0 cm³/mol. The zero-order valence-electron chi connectivity index (χ0n) is 10.4. The number of hydrogen-bond acceptors (Lipinski definition) is 2. The highest BCUT2D eigenvalue weighted by atomic mass is 19.1. The Bertz CT molecular complexity index is 528. The summed E-state index contributed by atoms with van der Waals surface area (Å²) in [7, 11) is 0. The van der Waals surface area contributed by atoms with E-state index in [9.17, 15) is 14.0 Å². The standard InChI is InChI=1S/C14H15FN2O2/c15-11-3-1-2-4-12(11)17-8-9(7-13(17)18)14(19)16-10-5-6-10/h1-4,9-10H,5-8H2,(H,16,19)/t9-/m0/s1. The maximum absolute atomic E-state index is 13.7. The van der Waals surface area contributed by atoms with E-state index in [1.807, 2.05) is 0 Å². The summed E-state index contributed by atoms with van der Waals surface area (Å²) in [6, 6.07) is 6.43. The van der Waals surface area contributed by atoms with Gasteiger partial charge in [0.05, 0.1) is 11.6 Å². The van der Waals surface area contributed by atoms with Crippen molar-refractivity contribution >= 4 is 17.5 Å². The fraction of sp³-hybridized carbons (Fsp3) is 0.429. The Morgan fingerprint density at radius 2 is 2.05 bits per heavy atom. The first-order chi connectivity index (χ1) is 9.15. The average molecular weight is 262 g/mol. The number of amides is 2. The lowest BCUT2D eigenvalue weighted by atomic mass is 10.1. The molecule has 2 fully saturated rings. The number of hydrogen-bond donors (Lipinski definition) is 1. The third-order valence-electron chi connectivity index (χ3n) is 3.56. The molecular weight excluding hydrogens is 247 g/mol. The van der Waals surface area contributed by atoms with Crippen molar-refractivity contribution in [1.29, 1.82) is 0 Å². The van der Waals surface area contributed by atoms with Gasteiger partial charge in [-0.05, 0) is 25.0 Å². The Balaban J connectivity index is 1.72. The highest BCUT2D eigenvalue weighted by Gasteiger charge is 2.37. The van der Waals surface area contributed by atoms with Gasteiger partial charge in [-0.3, -0.25) is 9.59 Å². The van der Waals surface area contributed by atoms with Crippen molar-refractivity contribution in [2.45, 2.75) is 25.3 Å². The molecule has 1 saturated heterocycles.